The maximum Gasteiger partial charge on any atom is 0.208 e. The van der Waals surface area contributed by atoms with Gasteiger partial charge in [0.2, 0.25) is 6.67 Å². The van der Waals surface area contributed by atoms with Gasteiger partial charge in [-0.1, -0.05) is 12.1 Å². The molecular formula is C14H13N2. The van der Waals surface area contributed by atoms with Gasteiger partial charge in [0.25, 0.3) is 0 Å². The van der Waals surface area contributed by atoms with E-state index in [2.05, 4.69) is 61.5 Å². The van der Waals surface area contributed by atoms with Crippen molar-refractivity contribution in [1.29, 1.82) is 0 Å². The summed E-state index contributed by atoms with van der Waals surface area (Å²) in [6.45, 7) is 4.21. The van der Waals surface area contributed by atoms with E-state index in [1.54, 1.807) is 0 Å². The molecule has 16 heavy (non-hydrogen) atoms. The van der Waals surface area contributed by atoms with Crippen molar-refractivity contribution in [2.75, 3.05) is 23.4 Å². The first-order valence-corrected chi connectivity index (χ1v) is 5.42. The SMILES string of the molecule is CN1[C]N(C[C]2[CH][CH][CH][CH]2)c2ccccc21. The van der Waals surface area contributed by atoms with Crippen molar-refractivity contribution in [2.45, 2.75) is 0 Å². The van der Waals surface area contributed by atoms with Gasteiger partial charge in [0.05, 0.1) is 11.4 Å². The highest BCUT2D eigenvalue weighted by atomic mass is 15.4. The Balaban J connectivity index is 1.77. The van der Waals surface area contributed by atoms with Gasteiger partial charge in [0, 0.05) is 19.5 Å². The molecule has 1 aliphatic carbocycles. The van der Waals surface area contributed by atoms with Crippen LogP contribution in [-0.4, -0.2) is 13.6 Å². The zero-order valence-electron chi connectivity index (χ0n) is 9.22. The van der Waals surface area contributed by atoms with Crippen LogP contribution in [0.5, 0.6) is 0 Å². The summed E-state index contributed by atoms with van der Waals surface area (Å²) in [6.07, 6.45) is 8.42. The first-order chi connectivity index (χ1) is 7.84. The lowest BCUT2D eigenvalue weighted by Crippen LogP contribution is -2.26. The molecule has 1 fully saturated rings. The van der Waals surface area contributed by atoms with Crippen molar-refractivity contribution >= 4 is 11.4 Å². The molecule has 1 heterocycles. The number of hydrogen-bond acceptors (Lipinski definition) is 2. The third-order valence-electron chi connectivity index (χ3n) is 2.88. The van der Waals surface area contributed by atoms with Gasteiger partial charge in [-0.15, -0.1) is 0 Å². The van der Waals surface area contributed by atoms with Gasteiger partial charge in [-0.05, 0) is 37.8 Å². The first-order valence-electron chi connectivity index (χ1n) is 5.42. The minimum atomic E-state index is 0.883. The van der Waals surface area contributed by atoms with Crippen LogP contribution in [0.3, 0.4) is 0 Å². The van der Waals surface area contributed by atoms with Crippen molar-refractivity contribution in [1.82, 2.24) is 0 Å². The summed E-state index contributed by atoms with van der Waals surface area (Å²) in [5.74, 6) is 1.32. The van der Waals surface area contributed by atoms with Crippen LogP contribution in [0.25, 0.3) is 0 Å². The molecule has 2 aliphatic rings. The standard InChI is InChI=1S/C14H13N2/c1-15-11-16(10-12-6-2-3-7-12)14-9-5-4-8-13(14)15/h2-9H,10H2,1H3. The van der Waals surface area contributed by atoms with Crippen molar-refractivity contribution in [3.05, 3.63) is 62.5 Å². The van der Waals surface area contributed by atoms with E-state index >= 15 is 0 Å². The molecule has 0 spiro atoms. The van der Waals surface area contributed by atoms with E-state index in [9.17, 15) is 0 Å². The summed E-state index contributed by atoms with van der Waals surface area (Å²) in [6, 6.07) is 8.38. The third kappa shape index (κ3) is 1.66. The molecule has 79 valence electrons. The minimum absolute atomic E-state index is 0.883. The van der Waals surface area contributed by atoms with Crippen LogP contribution in [0.1, 0.15) is 0 Å². The molecular weight excluding hydrogens is 196 g/mol. The lowest BCUT2D eigenvalue weighted by atomic mass is 10.1. The average Bonchev–Trinajstić information content (AvgIpc) is 2.90. The fraction of sp³-hybridized carbons (Fsp3) is 0.143. The van der Waals surface area contributed by atoms with Gasteiger partial charge in [-0.2, -0.15) is 0 Å². The summed E-state index contributed by atoms with van der Waals surface area (Å²) in [4.78, 5) is 4.20. The van der Waals surface area contributed by atoms with Gasteiger partial charge >= 0.3 is 0 Å². The monoisotopic (exact) mass is 209 g/mol. The highest BCUT2D eigenvalue weighted by molar-refractivity contribution is 5.78. The largest absolute Gasteiger partial charge is 0.343 e. The summed E-state index contributed by atoms with van der Waals surface area (Å²) < 4.78 is 0. The zero-order chi connectivity index (χ0) is 11.0. The first kappa shape index (κ1) is 10.0. The van der Waals surface area contributed by atoms with Gasteiger partial charge in [-0.3, -0.25) is 0 Å². The molecule has 0 N–H and O–H groups in total. The van der Waals surface area contributed by atoms with E-state index in [4.69, 9.17) is 0 Å². The van der Waals surface area contributed by atoms with Gasteiger partial charge in [-0.25, -0.2) is 0 Å². The molecule has 2 heteroatoms. The Morgan fingerprint density at radius 1 is 1.06 bits per heavy atom. The Labute approximate surface area is 97.9 Å². The third-order valence-corrected chi connectivity index (χ3v) is 2.88. The Bertz CT molecular complexity index is 369. The van der Waals surface area contributed by atoms with Crippen molar-refractivity contribution in [3.8, 4) is 0 Å². The maximum atomic E-state index is 3.32. The molecule has 0 saturated heterocycles. The van der Waals surface area contributed by atoms with E-state index in [0.29, 0.717) is 0 Å². The molecule has 3 rings (SSSR count). The van der Waals surface area contributed by atoms with Gasteiger partial charge < -0.3 is 9.80 Å². The fourth-order valence-corrected chi connectivity index (χ4v) is 2.09. The highest BCUT2D eigenvalue weighted by Gasteiger charge is 2.28. The molecule has 0 aromatic heterocycles. The summed E-state index contributed by atoms with van der Waals surface area (Å²) in [7, 11) is 2.03. The van der Waals surface area contributed by atoms with Crippen LogP contribution in [0.4, 0.5) is 11.4 Å². The van der Waals surface area contributed by atoms with E-state index in [1.165, 1.54) is 17.3 Å². The summed E-state index contributed by atoms with van der Waals surface area (Å²) in [5.41, 5.74) is 2.44. The molecule has 1 aliphatic heterocycles. The lowest BCUT2D eigenvalue weighted by Gasteiger charge is -2.20. The van der Waals surface area contributed by atoms with Gasteiger partial charge in [0.1, 0.15) is 0 Å². The smallest absolute Gasteiger partial charge is 0.208 e. The predicted octanol–water partition coefficient (Wildman–Crippen LogP) is 2.34. The molecule has 0 atom stereocenters. The summed E-state index contributed by atoms with van der Waals surface area (Å²) >= 11 is 0. The molecule has 2 nitrogen and oxygen atoms in total. The van der Waals surface area contributed by atoms with E-state index in [0.717, 1.165) is 6.54 Å². The molecule has 1 aromatic carbocycles. The van der Waals surface area contributed by atoms with Crippen LogP contribution in [-0.2, 0) is 0 Å². The molecule has 7 radical (unpaired) electrons. The fourth-order valence-electron chi connectivity index (χ4n) is 2.09. The predicted molar refractivity (Wildman–Crippen MR) is 65.9 cm³/mol. The lowest BCUT2D eigenvalue weighted by molar-refractivity contribution is 0.913. The molecule has 1 saturated carbocycles. The number of hydrogen-bond donors (Lipinski definition) is 0. The van der Waals surface area contributed by atoms with E-state index < -0.39 is 0 Å². The quantitative estimate of drug-likeness (QED) is 0.737. The van der Waals surface area contributed by atoms with E-state index in [1.807, 2.05) is 11.9 Å². The van der Waals surface area contributed by atoms with E-state index in [-0.39, 0.29) is 0 Å². The Morgan fingerprint density at radius 3 is 2.50 bits per heavy atom. The topological polar surface area (TPSA) is 6.48 Å². The number of rotatable bonds is 2. The minimum Gasteiger partial charge on any atom is -0.343 e. The maximum absolute atomic E-state index is 3.32. The number of benzene rings is 1. The normalized spacial score (nSPS) is 20.6. The molecule has 0 bridgehead atoms. The second-order valence-corrected chi connectivity index (χ2v) is 4.03. The van der Waals surface area contributed by atoms with Crippen molar-refractivity contribution in [3.63, 3.8) is 0 Å². The highest BCUT2D eigenvalue weighted by Crippen LogP contribution is 2.38. The van der Waals surface area contributed by atoms with Crippen molar-refractivity contribution in [2.24, 2.45) is 0 Å². The Morgan fingerprint density at radius 2 is 1.75 bits per heavy atom. The average molecular weight is 209 g/mol. The number of para-hydroxylation sites is 2. The van der Waals surface area contributed by atoms with Crippen LogP contribution in [0, 0.1) is 38.3 Å². The zero-order valence-corrected chi connectivity index (χ0v) is 9.22. The van der Waals surface area contributed by atoms with Crippen LogP contribution >= 0.6 is 0 Å². The van der Waals surface area contributed by atoms with Crippen LogP contribution in [0.2, 0.25) is 0 Å². The van der Waals surface area contributed by atoms with Crippen LogP contribution < -0.4 is 9.80 Å². The molecule has 0 amide bonds. The van der Waals surface area contributed by atoms with Gasteiger partial charge in [0.15, 0.2) is 0 Å². The number of nitrogens with zero attached hydrogens (tertiary/aromatic N) is 2. The Kier molecular flexibility index (Phi) is 2.50. The molecule has 1 aromatic rings. The second-order valence-electron chi connectivity index (χ2n) is 4.03. The van der Waals surface area contributed by atoms with Crippen LogP contribution in [0.15, 0.2) is 24.3 Å². The van der Waals surface area contributed by atoms with Crippen molar-refractivity contribution < 1.29 is 0 Å². The summed E-state index contributed by atoms with van der Waals surface area (Å²) in [5, 5.41) is 0. The Hall–Kier alpha value is -1.18. The second kappa shape index (κ2) is 4.00. The number of fused-ring (bicyclic) bond motifs is 1. The number of anilines is 2. The molecule has 0 unspecified atom stereocenters.